The molecule has 0 aliphatic heterocycles. The molecule has 19 heavy (non-hydrogen) atoms. The summed E-state index contributed by atoms with van der Waals surface area (Å²) in [7, 11) is 0. The molecule has 1 saturated carbocycles. The molecule has 1 N–H and O–H groups in total. The van der Waals surface area contributed by atoms with Gasteiger partial charge >= 0.3 is 5.97 Å². The summed E-state index contributed by atoms with van der Waals surface area (Å²) in [6.45, 7) is 6.12. The minimum atomic E-state index is -0.782. The fourth-order valence-electron chi connectivity index (χ4n) is 3.01. The van der Waals surface area contributed by atoms with Gasteiger partial charge in [-0.3, -0.25) is 9.59 Å². The van der Waals surface area contributed by atoms with E-state index in [0.29, 0.717) is 19.3 Å². The first-order chi connectivity index (χ1) is 8.91. The predicted octanol–water partition coefficient (Wildman–Crippen LogP) is 3.15. The van der Waals surface area contributed by atoms with Crippen molar-refractivity contribution in [3.8, 4) is 0 Å². The Bertz CT molecular complexity index is 531. The van der Waals surface area contributed by atoms with E-state index in [2.05, 4.69) is 6.92 Å². The van der Waals surface area contributed by atoms with Crippen molar-refractivity contribution in [2.75, 3.05) is 0 Å². The summed E-state index contributed by atoms with van der Waals surface area (Å²) >= 11 is 0. The molecule has 3 heteroatoms. The van der Waals surface area contributed by atoms with Gasteiger partial charge in [-0.05, 0) is 49.4 Å². The highest BCUT2D eigenvalue weighted by molar-refractivity contribution is 5.84. The first-order valence-electron chi connectivity index (χ1n) is 6.73. The van der Waals surface area contributed by atoms with Gasteiger partial charge in [-0.2, -0.15) is 0 Å². The van der Waals surface area contributed by atoms with Crippen molar-refractivity contribution < 1.29 is 14.7 Å². The van der Waals surface area contributed by atoms with Gasteiger partial charge in [0.25, 0.3) is 0 Å². The molecule has 2 unspecified atom stereocenters. The van der Waals surface area contributed by atoms with Crippen LogP contribution in [0.15, 0.2) is 12.1 Å². The summed E-state index contributed by atoms with van der Waals surface area (Å²) in [4.78, 5) is 23.1. The van der Waals surface area contributed by atoms with Crippen molar-refractivity contribution in [3.63, 3.8) is 0 Å². The Morgan fingerprint density at radius 1 is 1.21 bits per heavy atom. The molecule has 0 bridgehead atoms. The van der Waals surface area contributed by atoms with Gasteiger partial charge in [0.15, 0.2) is 0 Å². The molecule has 2 rings (SSSR count). The van der Waals surface area contributed by atoms with Crippen molar-refractivity contribution in [1.82, 2.24) is 0 Å². The normalized spacial score (nSPS) is 23.4. The summed E-state index contributed by atoms with van der Waals surface area (Å²) in [6.07, 6.45) is 1.23. The summed E-state index contributed by atoms with van der Waals surface area (Å²) in [5, 5.41) is 9.36. The van der Waals surface area contributed by atoms with Crippen LogP contribution in [0.2, 0.25) is 0 Å². The average molecular weight is 260 g/mol. The number of Topliss-reactive ketones (excluding diaryl/α,β-unsaturated/α-hetero) is 1. The minimum absolute atomic E-state index is 0.168. The number of aliphatic carboxylic acids is 1. The number of carboxylic acid groups (broad SMARTS) is 1. The Kier molecular flexibility index (Phi) is 3.74. The van der Waals surface area contributed by atoms with Crippen LogP contribution in [-0.4, -0.2) is 16.9 Å². The van der Waals surface area contributed by atoms with Crippen molar-refractivity contribution in [2.45, 2.75) is 46.0 Å². The zero-order valence-corrected chi connectivity index (χ0v) is 11.7. The number of benzene rings is 1. The Morgan fingerprint density at radius 3 is 2.53 bits per heavy atom. The number of rotatable bonds is 2. The zero-order chi connectivity index (χ0) is 14.2. The van der Waals surface area contributed by atoms with Gasteiger partial charge in [-0.15, -0.1) is 0 Å². The number of ketones is 1. The second kappa shape index (κ2) is 5.16. The molecule has 1 aliphatic rings. The van der Waals surface area contributed by atoms with Crippen LogP contribution in [0.3, 0.4) is 0 Å². The van der Waals surface area contributed by atoms with Gasteiger partial charge in [-0.1, -0.05) is 12.1 Å². The van der Waals surface area contributed by atoms with E-state index in [9.17, 15) is 14.7 Å². The monoisotopic (exact) mass is 260 g/mol. The van der Waals surface area contributed by atoms with E-state index in [4.69, 9.17) is 0 Å². The first-order valence-corrected chi connectivity index (χ1v) is 6.73. The molecule has 0 amide bonds. The third-order valence-electron chi connectivity index (χ3n) is 4.48. The van der Waals surface area contributed by atoms with Crippen LogP contribution in [0.4, 0.5) is 0 Å². The summed E-state index contributed by atoms with van der Waals surface area (Å²) in [5.74, 6) is -1.20. The fraction of sp³-hybridized carbons (Fsp3) is 0.500. The number of hydrogen-bond donors (Lipinski definition) is 1. The maximum atomic E-state index is 11.7. The van der Waals surface area contributed by atoms with Crippen LogP contribution in [0.5, 0.6) is 0 Å². The second-order valence-corrected chi connectivity index (χ2v) is 5.55. The maximum Gasteiger partial charge on any atom is 0.307 e. The second-order valence-electron chi connectivity index (χ2n) is 5.55. The van der Waals surface area contributed by atoms with Crippen LogP contribution in [-0.2, 0) is 9.59 Å². The lowest BCUT2D eigenvalue weighted by atomic mass is 9.73. The Balaban J connectivity index is 2.45. The number of hydrogen-bond acceptors (Lipinski definition) is 2. The quantitative estimate of drug-likeness (QED) is 0.888. The first kappa shape index (κ1) is 13.8. The van der Waals surface area contributed by atoms with E-state index < -0.39 is 11.9 Å². The van der Waals surface area contributed by atoms with E-state index in [1.165, 1.54) is 11.1 Å². The summed E-state index contributed by atoms with van der Waals surface area (Å²) in [6, 6.07) is 4.02. The molecule has 0 spiro atoms. The molecule has 1 aromatic carbocycles. The molecular weight excluding hydrogens is 240 g/mol. The number of carbonyl (C=O) groups is 2. The largest absolute Gasteiger partial charge is 0.481 e. The van der Waals surface area contributed by atoms with E-state index in [1.807, 2.05) is 26.0 Å². The molecule has 2 atom stereocenters. The molecule has 0 saturated heterocycles. The number of carboxylic acids is 1. The summed E-state index contributed by atoms with van der Waals surface area (Å²) in [5.41, 5.74) is 4.56. The van der Waals surface area contributed by atoms with Crippen molar-refractivity contribution in [1.29, 1.82) is 0 Å². The highest BCUT2D eigenvalue weighted by atomic mass is 16.4. The lowest BCUT2D eigenvalue weighted by Crippen LogP contribution is -2.30. The van der Waals surface area contributed by atoms with Crippen LogP contribution in [0.25, 0.3) is 0 Å². The third-order valence-corrected chi connectivity index (χ3v) is 4.48. The minimum Gasteiger partial charge on any atom is -0.481 e. The van der Waals surface area contributed by atoms with Crippen LogP contribution < -0.4 is 0 Å². The smallest absolute Gasteiger partial charge is 0.307 e. The molecule has 102 valence electrons. The Hall–Kier alpha value is -1.64. The van der Waals surface area contributed by atoms with Gasteiger partial charge in [0, 0.05) is 18.8 Å². The van der Waals surface area contributed by atoms with Crippen LogP contribution in [0, 0.1) is 26.7 Å². The average Bonchev–Trinajstić information content (AvgIpc) is 2.35. The molecular formula is C16H20O3. The lowest BCUT2D eigenvalue weighted by Gasteiger charge is -2.30. The van der Waals surface area contributed by atoms with Crippen LogP contribution in [0.1, 0.15) is 47.4 Å². The molecule has 1 fully saturated rings. The standard InChI is InChI=1S/C16H20O3/c1-9-4-6-13(11(3)10(9)2)15-8-12(17)5-7-14(15)16(18)19/h4,6,14-15H,5,7-8H2,1-3H3,(H,18,19). The highest BCUT2D eigenvalue weighted by Gasteiger charge is 2.36. The van der Waals surface area contributed by atoms with E-state index >= 15 is 0 Å². The molecule has 0 aromatic heterocycles. The Morgan fingerprint density at radius 2 is 1.89 bits per heavy atom. The molecule has 1 aromatic rings. The fourth-order valence-corrected chi connectivity index (χ4v) is 3.01. The third kappa shape index (κ3) is 2.55. The molecule has 1 aliphatic carbocycles. The Labute approximate surface area is 113 Å². The van der Waals surface area contributed by atoms with Gasteiger partial charge in [0.2, 0.25) is 0 Å². The van der Waals surface area contributed by atoms with Crippen molar-refractivity contribution in [3.05, 3.63) is 34.4 Å². The van der Waals surface area contributed by atoms with Crippen LogP contribution >= 0.6 is 0 Å². The van der Waals surface area contributed by atoms with Crippen molar-refractivity contribution in [2.24, 2.45) is 5.92 Å². The number of carbonyl (C=O) groups excluding carboxylic acids is 1. The molecule has 0 heterocycles. The molecule has 3 nitrogen and oxygen atoms in total. The zero-order valence-electron chi connectivity index (χ0n) is 11.7. The van der Waals surface area contributed by atoms with E-state index in [1.54, 1.807) is 0 Å². The van der Waals surface area contributed by atoms with E-state index in [-0.39, 0.29) is 11.7 Å². The molecule has 0 radical (unpaired) electrons. The lowest BCUT2D eigenvalue weighted by molar-refractivity contribution is -0.144. The van der Waals surface area contributed by atoms with Gasteiger partial charge in [0.05, 0.1) is 5.92 Å². The SMILES string of the molecule is Cc1ccc(C2CC(=O)CCC2C(=O)O)c(C)c1C. The topological polar surface area (TPSA) is 54.4 Å². The van der Waals surface area contributed by atoms with Crippen molar-refractivity contribution >= 4 is 11.8 Å². The van der Waals surface area contributed by atoms with E-state index in [0.717, 1.165) is 11.1 Å². The maximum absolute atomic E-state index is 11.7. The van der Waals surface area contributed by atoms with Gasteiger partial charge in [0.1, 0.15) is 5.78 Å². The summed E-state index contributed by atoms with van der Waals surface area (Å²) < 4.78 is 0. The number of aryl methyl sites for hydroxylation is 1. The van der Waals surface area contributed by atoms with Gasteiger partial charge < -0.3 is 5.11 Å². The highest BCUT2D eigenvalue weighted by Crippen LogP contribution is 2.38. The predicted molar refractivity (Wildman–Crippen MR) is 73.4 cm³/mol. The van der Waals surface area contributed by atoms with Gasteiger partial charge in [-0.25, -0.2) is 0 Å².